The zero-order valence-corrected chi connectivity index (χ0v) is 16.9. The normalized spacial score (nSPS) is 14.0. The molecule has 0 saturated carbocycles. The van der Waals surface area contributed by atoms with Gasteiger partial charge >= 0.3 is 0 Å². The van der Waals surface area contributed by atoms with Crippen molar-refractivity contribution in [2.45, 2.75) is 16.5 Å². The van der Waals surface area contributed by atoms with Crippen molar-refractivity contribution in [3.05, 3.63) is 71.4 Å². The van der Waals surface area contributed by atoms with Crippen molar-refractivity contribution < 1.29 is 19.1 Å². The van der Waals surface area contributed by atoms with Crippen molar-refractivity contribution in [2.75, 3.05) is 18.7 Å². The van der Waals surface area contributed by atoms with E-state index >= 15 is 0 Å². The van der Waals surface area contributed by atoms with Crippen LogP contribution in [0.15, 0.2) is 64.6 Å². The Balaban J connectivity index is 1.37. The van der Waals surface area contributed by atoms with Crippen LogP contribution < -0.4 is 19.7 Å². The third-order valence-corrected chi connectivity index (χ3v) is 6.05. The highest BCUT2D eigenvalue weighted by Gasteiger charge is 2.26. The first-order valence-corrected chi connectivity index (χ1v) is 10.1. The molecule has 150 valence electrons. The highest BCUT2D eigenvalue weighted by molar-refractivity contribution is 7.99. The third kappa shape index (κ3) is 3.25. The van der Waals surface area contributed by atoms with Crippen LogP contribution in [0.4, 0.5) is 5.69 Å². The summed E-state index contributed by atoms with van der Waals surface area (Å²) in [5.74, 6) is 1.07. The minimum Gasteiger partial charge on any atom is -0.454 e. The number of fused-ring (bicyclic) bond motifs is 3. The van der Waals surface area contributed by atoms with Crippen molar-refractivity contribution >= 4 is 29.3 Å². The average Bonchev–Trinajstić information content (AvgIpc) is 3.21. The van der Waals surface area contributed by atoms with Crippen molar-refractivity contribution in [1.82, 2.24) is 10.3 Å². The van der Waals surface area contributed by atoms with Crippen LogP contribution in [0.5, 0.6) is 11.5 Å². The number of ether oxygens (including phenoxy) is 2. The number of rotatable bonds is 3. The molecule has 3 heterocycles. The molecule has 0 bridgehead atoms. The Hall–Kier alpha value is -3.52. The fourth-order valence-corrected chi connectivity index (χ4v) is 4.46. The smallest absolute Gasteiger partial charge is 0.260 e. The zero-order chi connectivity index (χ0) is 20.7. The summed E-state index contributed by atoms with van der Waals surface area (Å²) in [4.78, 5) is 32.2. The molecule has 1 N–H and O–H groups in total. The summed E-state index contributed by atoms with van der Waals surface area (Å²) in [5, 5.41) is 3.56. The summed E-state index contributed by atoms with van der Waals surface area (Å²) in [5.41, 5.74) is 2.73. The number of amides is 2. The van der Waals surface area contributed by atoms with Crippen LogP contribution in [0.2, 0.25) is 0 Å². The first-order valence-electron chi connectivity index (χ1n) is 9.32. The van der Waals surface area contributed by atoms with E-state index in [9.17, 15) is 9.59 Å². The zero-order valence-electron chi connectivity index (χ0n) is 16.0. The Kier molecular flexibility index (Phi) is 4.55. The Bertz CT molecular complexity index is 1180. The van der Waals surface area contributed by atoms with Gasteiger partial charge in [-0.15, -0.1) is 0 Å². The van der Waals surface area contributed by atoms with Crippen LogP contribution in [0.25, 0.3) is 0 Å². The molecule has 0 aliphatic carbocycles. The number of pyridine rings is 1. The number of hydrogen-bond donors (Lipinski definition) is 1. The molecule has 0 spiro atoms. The van der Waals surface area contributed by atoms with Gasteiger partial charge in [0.25, 0.3) is 11.8 Å². The van der Waals surface area contributed by atoms with E-state index in [1.807, 2.05) is 18.2 Å². The largest absolute Gasteiger partial charge is 0.454 e. The van der Waals surface area contributed by atoms with Gasteiger partial charge in [-0.2, -0.15) is 0 Å². The molecule has 0 atom stereocenters. The number of carbonyl (C=O) groups is 2. The van der Waals surface area contributed by atoms with Gasteiger partial charge in [-0.05, 0) is 48.0 Å². The minimum absolute atomic E-state index is 0.121. The van der Waals surface area contributed by atoms with E-state index in [1.165, 1.54) is 11.8 Å². The molecule has 0 fully saturated rings. The lowest BCUT2D eigenvalue weighted by Crippen LogP contribution is -2.26. The van der Waals surface area contributed by atoms with E-state index < -0.39 is 0 Å². The lowest BCUT2D eigenvalue weighted by molar-refractivity contribution is 0.0949. The van der Waals surface area contributed by atoms with Gasteiger partial charge in [0.05, 0.1) is 11.3 Å². The number of carbonyl (C=O) groups excluding carboxylic acids is 2. The van der Waals surface area contributed by atoms with Gasteiger partial charge in [0.1, 0.15) is 5.03 Å². The first kappa shape index (κ1) is 18.5. The van der Waals surface area contributed by atoms with E-state index in [-0.39, 0.29) is 18.6 Å². The second-order valence-corrected chi connectivity index (χ2v) is 7.91. The predicted molar refractivity (Wildman–Crippen MR) is 111 cm³/mol. The van der Waals surface area contributed by atoms with E-state index in [1.54, 1.807) is 48.5 Å². The molecule has 0 unspecified atom stereocenters. The van der Waals surface area contributed by atoms with E-state index in [4.69, 9.17) is 9.47 Å². The molecule has 5 rings (SSSR count). The summed E-state index contributed by atoms with van der Waals surface area (Å²) in [6, 6.07) is 14.4. The maximum Gasteiger partial charge on any atom is 0.260 e. The van der Waals surface area contributed by atoms with Gasteiger partial charge in [0, 0.05) is 30.2 Å². The van der Waals surface area contributed by atoms with Crippen molar-refractivity contribution in [3.63, 3.8) is 0 Å². The first-order chi connectivity index (χ1) is 14.6. The van der Waals surface area contributed by atoms with Crippen LogP contribution in [-0.2, 0) is 6.54 Å². The molecular weight excluding hydrogens is 402 g/mol. The lowest BCUT2D eigenvalue weighted by atomic mass is 10.1. The average molecular weight is 419 g/mol. The highest BCUT2D eigenvalue weighted by atomic mass is 32.2. The molecule has 2 amide bonds. The molecule has 2 aliphatic heterocycles. The molecule has 7 nitrogen and oxygen atoms in total. The molecule has 30 heavy (non-hydrogen) atoms. The lowest BCUT2D eigenvalue weighted by Gasteiger charge is -2.17. The summed E-state index contributed by atoms with van der Waals surface area (Å²) < 4.78 is 10.7. The van der Waals surface area contributed by atoms with Gasteiger partial charge in [0.2, 0.25) is 6.79 Å². The van der Waals surface area contributed by atoms with Crippen LogP contribution in [-0.4, -0.2) is 30.6 Å². The van der Waals surface area contributed by atoms with E-state index in [0.717, 1.165) is 16.1 Å². The Morgan fingerprint density at radius 3 is 2.93 bits per heavy atom. The Labute approximate surface area is 177 Å². The molecule has 8 heteroatoms. The van der Waals surface area contributed by atoms with Crippen molar-refractivity contribution in [1.29, 1.82) is 0 Å². The predicted octanol–water partition coefficient (Wildman–Crippen LogP) is 3.48. The standard InChI is InChI=1S/C22H17N3O4S/c1-25-16-6-5-14(10-19(16)30-21-15(22(25)27)3-2-8-23-21)20(26)24-11-13-4-7-17-18(9-13)29-12-28-17/h2-10H,11-12H2,1H3,(H,24,26). The highest BCUT2D eigenvalue weighted by Crippen LogP contribution is 2.40. The molecule has 2 aromatic carbocycles. The summed E-state index contributed by atoms with van der Waals surface area (Å²) >= 11 is 1.39. The monoisotopic (exact) mass is 419 g/mol. The molecule has 1 aromatic heterocycles. The number of hydrogen-bond acceptors (Lipinski definition) is 6. The van der Waals surface area contributed by atoms with Gasteiger partial charge in [-0.3, -0.25) is 9.59 Å². The summed E-state index contributed by atoms with van der Waals surface area (Å²) in [6.45, 7) is 0.579. The number of anilines is 1. The van der Waals surface area contributed by atoms with Gasteiger partial charge < -0.3 is 19.7 Å². The third-order valence-electron chi connectivity index (χ3n) is 4.99. The van der Waals surface area contributed by atoms with Gasteiger partial charge in [-0.1, -0.05) is 17.8 Å². The fraction of sp³-hybridized carbons (Fsp3) is 0.136. The molecule has 0 radical (unpaired) electrons. The topological polar surface area (TPSA) is 80.8 Å². The minimum atomic E-state index is -0.199. The SMILES string of the molecule is CN1C(=O)c2cccnc2Sc2cc(C(=O)NCc3ccc4c(c3)OCO4)ccc21. The second-order valence-electron chi connectivity index (χ2n) is 6.88. The van der Waals surface area contributed by atoms with Gasteiger partial charge in [-0.25, -0.2) is 4.98 Å². The van der Waals surface area contributed by atoms with Crippen LogP contribution in [0.3, 0.4) is 0 Å². The molecule has 2 aliphatic rings. The Morgan fingerprint density at radius 2 is 2.03 bits per heavy atom. The fourth-order valence-electron chi connectivity index (χ4n) is 3.38. The molecule has 0 saturated heterocycles. The molecule has 3 aromatic rings. The molecular formula is C22H17N3O4S. The van der Waals surface area contributed by atoms with Crippen LogP contribution in [0, 0.1) is 0 Å². The van der Waals surface area contributed by atoms with Crippen LogP contribution >= 0.6 is 11.8 Å². The quantitative estimate of drug-likeness (QED) is 0.700. The summed E-state index contributed by atoms with van der Waals surface area (Å²) in [7, 11) is 1.73. The van der Waals surface area contributed by atoms with E-state index in [0.29, 0.717) is 34.2 Å². The number of nitrogens with one attached hydrogen (secondary N) is 1. The van der Waals surface area contributed by atoms with Gasteiger partial charge in [0.15, 0.2) is 11.5 Å². The summed E-state index contributed by atoms with van der Waals surface area (Å²) in [6.07, 6.45) is 1.66. The Morgan fingerprint density at radius 1 is 1.17 bits per heavy atom. The maximum absolute atomic E-state index is 12.7. The van der Waals surface area contributed by atoms with E-state index in [2.05, 4.69) is 10.3 Å². The number of aromatic nitrogens is 1. The number of benzene rings is 2. The van der Waals surface area contributed by atoms with Crippen LogP contribution in [0.1, 0.15) is 26.3 Å². The van der Waals surface area contributed by atoms with Crippen molar-refractivity contribution in [2.24, 2.45) is 0 Å². The van der Waals surface area contributed by atoms with Crippen molar-refractivity contribution in [3.8, 4) is 11.5 Å². The number of nitrogens with zero attached hydrogens (tertiary/aromatic N) is 2. The second kappa shape index (κ2) is 7.38. The maximum atomic E-state index is 12.7.